The minimum absolute atomic E-state index is 0.175. The quantitative estimate of drug-likeness (QED) is 0.421. The average molecular weight is 228 g/mol. The maximum Gasteiger partial charge on any atom is 0.243 e. The maximum atomic E-state index is 11.3. The molecule has 5 heteroatoms. The number of carbonyl (C=O) groups excluding carboxylic acids is 2. The Kier molecular flexibility index (Phi) is 6.03. The first-order valence-corrected chi connectivity index (χ1v) is 5.92. The third-order valence-corrected chi connectivity index (χ3v) is 2.71. The van der Waals surface area contributed by atoms with Crippen LogP contribution in [0.1, 0.15) is 38.5 Å². The highest BCUT2D eigenvalue weighted by Gasteiger charge is 2.25. The van der Waals surface area contributed by atoms with Gasteiger partial charge in [-0.15, -0.1) is 0 Å². The Morgan fingerprint density at radius 2 is 2.00 bits per heavy atom. The molecule has 1 aliphatic rings. The second-order valence-corrected chi connectivity index (χ2v) is 4.10. The molecule has 0 radical (unpaired) electrons. The molecule has 2 amide bonds. The molecule has 0 aromatic rings. The van der Waals surface area contributed by atoms with Crippen molar-refractivity contribution in [3.05, 3.63) is 0 Å². The molecule has 0 bridgehead atoms. The maximum absolute atomic E-state index is 11.3. The molecular weight excluding hydrogens is 208 g/mol. The number of unbranched alkanes of at least 4 members (excludes halogenated alkanes) is 3. The Hall–Kier alpha value is -0.940. The molecule has 92 valence electrons. The van der Waals surface area contributed by atoms with Crippen LogP contribution in [0.3, 0.4) is 0 Å². The van der Waals surface area contributed by atoms with Crippen LogP contribution in [0.4, 0.5) is 0 Å². The summed E-state index contributed by atoms with van der Waals surface area (Å²) in [6, 6.07) is -0.212. The zero-order valence-electron chi connectivity index (χ0n) is 9.50. The molecule has 0 aromatic heterocycles. The summed E-state index contributed by atoms with van der Waals surface area (Å²) in [7, 11) is 0. The van der Waals surface area contributed by atoms with Gasteiger partial charge in [-0.25, -0.2) is 0 Å². The average Bonchev–Trinajstić information content (AvgIpc) is 2.26. The number of imide groups is 1. The molecule has 5 nitrogen and oxygen atoms in total. The van der Waals surface area contributed by atoms with E-state index in [2.05, 4.69) is 10.6 Å². The Morgan fingerprint density at radius 3 is 2.69 bits per heavy atom. The third kappa shape index (κ3) is 4.72. The lowest BCUT2D eigenvalue weighted by Crippen LogP contribution is -2.50. The van der Waals surface area contributed by atoms with Crippen molar-refractivity contribution in [2.24, 2.45) is 0 Å². The van der Waals surface area contributed by atoms with Gasteiger partial charge in [-0.3, -0.25) is 14.9 Å². The fourth-order valence-electron chi connectivity index (χ4n) is 1.75. The molecule has 1 rings (SSSR count). The second kappa shape index (κ2) is 7.35. The predicted molar refractivity (Wildman–Crippen MR) is 59.7 cm³/mol. The number of aliphatic hydroxyl groups is 1. The molecule has 16 heavy (non-hydrogen) atoms. The smallest absolute Gasteiger partial charge is 0.243 e. The number of rotatable bonds is 7. The summed E-state index contributed by atoms with van der Waals surface area (Å²) in [5.74, 6) is -0.377. The predicted octanol–water partition coefficient (Wildman–Crippen LogP) is -0.0661. The van der Waals surface area contributed by atoms with Crippen molar-refractivity contribution in [3.8, 4) is 0 Å². The summed E-state index contributed by atoms with van der Waals surface area (Å²) in [5.41, 5.74) is 0. The second-order valence-electron chi connectivity index (χ2n) is 4.10. The van der Waals surface area contributed by atoms with Crippen LogP contribution in [0.15, 0.2) is 0 Å². The summed E-state index contributed by atoms with van der Waals surface area (Å²) < 4.78 is 0. The van der Waals surface area contributed by atoms with Crippen molar-refractivity contribution in [1.82, 2.24) is 10.6 Å². The fraction of sp³-hybridized carbons (Fsp3) is 0.818. The molecule has 1 atom stereocenters. The van der Waals surface area contributed by atoms with Gasteiger partial charge in [0.1, 0.15) is 0 Å². The van der Waals surface area contributed by atoms with Gasteiger partial charge in [0, 0.05) is 13.0 Å². The van der Waals surface area contributed by atoms with Gasteiger partial charge in [-0.05, 0) is 25.8 Å². The van der Waals surface area contributed by atoms with E-state index in [-0.39, 0.29) is 24.5 Å². The summed E-state index contributed by atoms with van der Waals surface area (Å²) >= 11 is 0. The normalized spacial score (nSPS) is 20.9. The van der Waals surface area contributed by atoms with Gasteiger partial charge in [0.15, 0.2) is 0 Å². The van der Waals surface area contributed by atoms with Gasteiger partial charge in [0.25, 0.3) is 0 Å². The zero-order valence-corrected chi connectivity index (χ0v) is 9.50. The molecule has 1 heterocycles. The van der Waals surface area contributed by atoms with E-state index in [9.17, 15) is 9.59 Å². The van der Waals surface area contributed by atoms with Crippen LogP contribution in [0, 0.1) is 0 Å². The lowest BCUT2D eigenvalue weighted by molar-refractivity contribution is -0.134. The summed E-state index contributed by atoms with van der Waals surface area (Å²) in [6.45, 7) is 1.04. The molecule has 0 spiro atoms. The van der Waals surface area contributed by atoms with Gasteiger partial charge in [-0.1, -0.05) is 12.8 Å². The van der Waals surface area contributed by atoms with Crippen LogP contribution in [-0.2, 0) is 9.59 Å². The van der Waals surface area contributed by atoms with E-state index in [0.717, 1.165) is 32.2 Å². The highest BCUT2D eigenvalue weighted by atomic mass is 16.3. The van der Waals surface area contributed by atoms with Crippen LogP contribution in [0.2, 0.25) is 0 Å². The number of aliphatic hydroxyl groups excluding tert-OH is 1. The first-order valence-electron chi connectivity index (χ1n) is 5.92. The van der Waals surface area contributed by atoms with Crippen molar-refractivity contribution in [2.75, 3.05) is 13.2 Å². The van der Waals surface area contributed by atoms with E-state index in [1.165, 1.54) is 0 Å². The highest BCUT2D eigenvalue weighted by molar-refractivity contribution is 6.00. The van der Waals surface area contributed by atoms with Gasteiger partial charge in [0.2, 0.25) is 11.8 Å². The molecule has 1 aliphatic heterocycles. The van der Waals surface area contributed by atoms with Crippen molar-refractivity contribution in [3.63, 3.8) is 0 Å². The van der Waals surface area contributed by atoms with Crippen molar-refractivity contribution in [1.29, 1.82) is 0 Å². The Morgan fingerprint density at radius 1 is 1.25 bits per heavy atom. The highest BCUT2D eigenvalue weighted by Crippen LogP contribution is 2.05. The lowest BCUT2D eigenvalue weighted by atomic mass is 10.1. The first-order chi connectivity index (χ1) is 7.74. The van der Waals surface area contributed by atoms with Crippen LogP contribution < -0.4 is 10.6 Å². The van der Waals surface area contributed by atoms with E-state index in [4.69, 9.17) is 5.11 Å². The van der Waals surface area contributed by atoms with Crippen molar-refractivity contribution < 1.29 is 14.7 Å². The Labute approximate surface area is 95.6 Å². The molecule has 1 saturated heterocycles. The number of piperidine rings is 1. The number of carbonyl (C=O) groups is 2. The van der Waals surface area contributed by atoms with Gasteiger partial charge < -0.3 is 10.4 Å². The van der Waals surface area contributed by atoms with Crippen LogP contribution >= 0.6 is 0 Å². The minimum atomic E-state index is -0.212. The number of hydrogen-bond donors (Lipinski definition) is 3. The van der Waals surface area contributed by atoms with Crippen LogP contribution in [-0.4, -0.2) is 36.1 Å². The van der Waals surface area contributed by atoms with E-state index >= 15 is 0 Å². The number of hydrogen-bond acceptors (Lipinski definition) is 4. The first kappa shape index (κ1) is 13.1. The SMILES string of the molecule is O=C1CCC(NCCCCCCO)C(=O)N1. The summed E-state index contributed by atoms with van der Waals surface area (Å²) in [4.78, 5) is 22.2. The van der Waals surface area contributed by atoms with E-state index in [1.807, 2.05) is 0 Å². The minimum Gasteiger partial charge on any atom is -0.396 e. The van der Waals surface area contributed by atoms with Gasteiger partial charge >= 0.3 is 0 Å². The van der Waals surface area contributed by atoms with E-state index < -0.39 is 0 Å². The molecule has 0 aliphatic carbocycles. The van der Waals surface area contributed by atoms with Crippen molar-refractivity contribution >= 4 is 11.8 Å². The van der Waals surface area contributed by atoms with Crippen molar-refractivity contribution in [2.45, 2.75) is 44.6 Å². The third-order valence-electron chi connectivity index (χ3n) is 2.71. The standard InChI is InChI=1S/C11H20N2O3/c14-8-4-2-1-3-7-12-9-5-6-10(15)13-11(9)16/h9,12,14H,1-8H2,(H,13,15,16). The van der Waals surface area contributed by atoms with Crippen LogP contribution in [0.25, 0.3) is 0 Å². The topological polar surface area (TPSA) is 78.4 Å². The van der Waals surface area contributed by atoms with E-state index in [1.54, 1.807) is 0 Å². The summed E-state index contributed by atoms with van der Waals surface area (Å²) in [5, 5.41) is 14.0. The zero-order chi connectivity index (χ0) is 11.8. The molecule has 1 fully saturated rings. The van der Waals surface area contributed by atoms with Gasteiger partial charge in [0.05, 0.1) is 6.04 Å². The van der Waals surface area contributed by atoms with Gasteiger partial charge in [-0.2, -0.15) is 0 Å². The molecule has 0 aromatic carbocycles. The fourth-order valence-corrected chi connectivity index (χ4v) is 1.75. The lowest BCUT2D eigenvalue weighted by Gasteiger charge is -2.21. The van der Waals surface area contributed by atoms with Crippen LogP contribution in [0.5, 0.6) is 0 Å². The number of nitrogens with one attached hydrogen (secondary N) is 2. The Balaban J connectivity index is 2.04. The van der Waals surface area contributed by atoms with E-state index in [0.29, 0.717) is 12.8 Å². The molecular formula is C11H20N2O3. The monoisotopic (exact) mass is 228 g/mol. The Bertz CT molecular complexity index is 243. The molecule has 3 N–H and O–H groups in total. The molecule has 1 unspecified atom stereocenters. The largest absolute Gasteiger partial charge is 0.396 e. The molecule has 0 saturated carbocycles. The summed E-state index contributed by atoms with van der Waals surface area (Å²) in [6.07, 6.45) is 4.94. The number of amides is 2.